The highest BCUT2D eigenvalue weighted by molar-refractivity contribution is 6.23. The number of hydrogen-bond acceptors (Lipinski definition) is 3. The molecule has 3 heterocycles. The maximum absolute atomic E-state index is 12.9. The highest BCUT2D eigenvalue weighted by atomic mass is 16.5. The second-order valence-electron chi connectivity index (χ2n) is 7.05. The lowest BCUT2D eigenvalue weighted by molar-refractivity contribution is -0.126. The lowest BCUT2D eigenvalue weighted by atomic mass is 9.78. The molecule has 2 bridgehead atoms. The summed E-state index contributed by atoms with van der Waals surface area (Å²) in [5.74, 6) is -1.11. The number of carbonyl (C=O) groups is 2. The first-order valence-electron chi connectivity index (χ1n) is 8.49. The van der Waals surface area contributed by atoms with Crippen LogP contribution in [0.5, 0.6) is 0 Å². The van der Waals surface area contributed by atoms with Crippen LogP contribution in [-0.4, -0.2) is 23.5 Å². The summed E-state index contributed by atoms with van der Waals surface area (Å²) in [4.78, 5) is 27.2. The number of anilines is 1. The number of nitrogens with zero attached hydrogens (tertiary/aromatic N) is 1. The van der Waals surface area contributed by atoms with Gasteiger partial charge < -0.3 is 4.74 Å². The van der Waals surface area contributed by atoms with Gasteiger partial charge in [-0.1, -0.05) is 54.6 Å². The molecule has 0 N–H and O–H groups in total. The Morgan fingerprint density at radius 1 is 0.920 bits per heavy atom. The van der Waals surface area contributed by atoms with Crippen LogP contribution in [0.25, 0.3) is 11.1 Å². The number of amides is 2. The first-order valence-corrected chi connectivity index (χ1v) is 8.49. The van der Waals surface area contributed by atoms with E-state index in [0.717, 1.165) is 11.1 Å². The topological polar surface area (TPSA) is 46.6 Å². The standard InChI is InChI=1S/C21H17NO3/c1-21-12-11-16(25-21)17-18(21)20(24)22(19(17)23)15-9-7-14(8-10-15)13-5-3-2-4-6-13/h2-12,16-18H,1H3/t16-,17+,18-,21+/m1/s1. The summed E-state index contributed by atoms with van der Waals surface area (Å²) in [5, 5.41) is 0. The van der Waals surface area contributed by atoms with Gasteiger partial charge in [0.25, 0.3) is 0 Å². The van der Waals surface area contributed by atoms with Gasteiger partial charge in [-0.2, -0.15) is 0 Å². The van der Waals surface area contributed by atoms with Crippen molar-refractivity contribution in [3.05, 3.63) is 66.7 Å². The molecule has 0 unspecified atom stereocenters. The fraction of sp³-hybridized carbons (Fsp3) is 0.238. The zero-order valence-electron chi connectivity index (χ0n) is 13.8. The fourth-order valence-corrected chi connectivity index (χ4v) is 4.34. The summed E-state index contributed by atoms with van der Waals surface area (Å²) in [6, 6.07) is 17.6. The largest absolute Gasteiger partial charge is 0.362 e. The Hall–Kier alpha value is -2.72. The van der Waals surface area contributed by atoms with E-state index < -0.39 is 17.4 Å². The maximum Gasteiger partial charge on any atom is 0.241 e. The normalized spacial score (nSPS) is 32.5. The predicted molar refractivity (Wildman–Crippen MR) is 93.8 cm³/mol. The summed E-state index contributed by atoms with van der Waals surface area (Å²) in [6.07, 6.45) is 3.56. The van der Waals surface area contributed by atoms with Crippen LogP contribution in [0.3, 0.4) is 0 Å². The average Bonchev–Trinajstić information content (AvgIpc) is 3.25. The first kappa shape index (κ1) is 14.6. The molecule has 2 aromatic rings. The molecule has 0 spiro atoms. The third-order valence-corrected chi connectivity index (χ3v) is 5.56. The second-order valence-corrected chi connectivity index (χ2v) is 7.05. The Balaban J connectivity index is 1.49. The minimum atomic E-state index is -0.652. The van der Waals surface area contributed by atoms with Gasteiger partial charge in [0, 0.05) is 0 Å². The zero-order valence-corrected chi connectivity index (χ0v) is 13.8. The van der Waals surface area contributed by atoms with E-state index in [-0.39, 0.29) is 17.9 Å². The molecule has 124 valence electrons. The molecule has 3 aliphatic rings. The van der Waals surface area contributed by atoms with Gasteiger partial charge in [0.1, 0.15) is 0 Å². The van der Waals surface area contributed by atoms with Gasteiger partial charge in [-0.25, -0.2) is 4.90 Å². The smallest absolute Gasteiger partial charge is 0.241 e. The maximum atomic E-state index is 12.9. The molecule has 0 radical (unpaired) electrons. The number of ether oxygens (including phenoxy) is 1. The van der Waals surface area contributed by atoms with E-state index >= 15 is 0 Å². The average molecular weight is 331 g/mol. The van der Waals surface area contributed by atoms with Crippen LogP contribution in [0.4, 0.5) is 5.69 Å². The van der Waals surface area contributed by atoms with Crippen molar-refractivity contribution < 1.29 is 14.3 Å². The van der Waals surface area contributed by atoms with E-state index in [4.69, 9.17) is 4.74 Å². The van der Waals surface area contributed by atoms with Crippen molar-refractivity contribution in [2.45, 2.75) is 18.6 Å². The van der Waals surface area contributed by atoms with Gasteiger partial charge in [0.05, 0.1) is 29.2 Å². The number of carbonyl (C=O) groups excluding carboxylic acids is 2. The van der Waals surface area contributed by atoms with Crippen LogP contribution in [0.2, 0.25) is 0 Å². The molecule has 2 aromatic carbocycles. The highest BCUT2D eigenvalue weighted by Gasteiger charge is 2.65. The van der Waals surface area contributed by atoms with Crippen molar-refractivity contribution >= 4 is 17.5 Å². The van der Waals surface area contributed by atoms with Crippen LogP contribution >= 0.6 is 0 Å². The molecule has 3 aliphatic heterocycles. The third kappa shape index (κ3) is 1.91. The van der Waals surface area contributed by atoms with Gasteiger partial charge in [-0.3, -0.25) is 9.59 Å². The van der Waals surface area contributed by atoms with E-state index in [1.807, 2.05) is 73.7 Å². The molecule has 0 aromatic heterocycles. The molecule has 2 fully saturated rings. The molecule has 4 heteroatoms. The fourth-order valence-electron chi connectivity index (χ4n) is 4.34. The molecule has 0 saturated carbocycles. The number of imide groups is 1. The molecule has 25 heavy (non-hydrogen) atoms. The van der Waals surface area contributed by atoms with Gasteiger partial charge in [0.15, 0.2) is 0 Å². The predicted octanol–water partition coefficient (Wildman–Crippen LogP) is 3.19. The number of rotatable bonds is 2. The first-order chi connectivity index (χ1) is 12.1. The number of fused-ring (bicyclic) bond motifs is 5. The van der Waals surface area contributed by atoms with Crippen LogP contribution in [0.15, 0.2) is 66.7 Å². The number of hydrogen-bond donors (Lipinski definition) is 0. The Bertz CT molecular complexity index is 902. The lowest BCUT2D eigenvalue weighted by Gasteiger charge is -2.24. The van der Waals surface area contributed by atoms with E-state index in [1.165, 1.54) is 4.90 Å². The van der Waals surface area contributed by atoms with E-state index in [9.17, 15) is 9.59 Å². The molecule has 4 atom stereocenters. The summed E-state index contributed by atoms with van der Waals surface area (Å²) < 4.78 is 5.85. The molecule has 2 amide bonds. The van der Waals surface area contributed by atoms with E-state index in [0.29, 0.717) is 5.69 Å². The Morgan fingerprint density at radius 2 is 1.60 bits per heavy atom. The van der Waals surface area contributed by atoms with E-state index in [1.54, 1.807) is 0 Å². The molecule has 4 nitrogen and oxygen atoms in total. The van der Waals surface area contributed by atoms with Crippen LogP contribution in [0.1, 0.15) is 6.92 Å². The minimum Gasteiger partial charge on any atom is -0.362 e. The van der Waals surface area contributed by atoms with Gasteiger partial charge >= 0.3 is 0 Å². The van der Waals surface area contributed by atoms with Crippen LogP contribution < -0.4 is 4.90 Å². The Morgan fingerprint density at radius 3 is 2.28 bits per heavy atom. The number of benzene rings is 2. The van der Waals surface area contributed by atoms with Gasteiger partial charge in [-0.15, -0.1) is 0 Å². The van der Waals surface area contributed by atoms with Crippen molar-refractivity contribution in [3.63, 3.8) is 0 Å². The van der Waals surface area contributed by atoms with Crippen molar-refractivity contribution in [1.29, 1.82) is 0 Å². The minimum absolute atomic E-state index is 0.152. The molecular weight excluding hydrogens is 314 g/mol. The molecular formula is C21H17NO3. The summed E-state index contributed by atoms with van der Waals surface area (Å²) in [6.45, 7) is 1.89. The summed E-state index contributed by atoms with van der Waals surface area (Å²) in [5.41, 5.74) is 2.14. The Labute approximate surface area is 145 Å². The second kappa shape index (κ2) is 4.90. The zero-order chi connectivity index (χ0) is 17.2. The van der Waals surface area contributed by atoms with Crippen molar-refractivity contribution in [1.82, 2.24) is 0 Å². The molecule has 2 saturated heterocycles. The summed E-state index contributed by atoms with van der Waals surface area (Å²) >= 11 is 0. The van der Waals surface area contributed by atoms with Crippen molar-refractivity contribution in [2.75, 3.05) is 4.90 Å². The van der Waals surface area contributed by atoms with Crippen LogP contribution in [-0.2, 0) is 14.3 Å². The molecule has 0 aliphatic carbocycles. The van der Waals surface area contributed by atoms with Gasteiger partial charge in [-0.05, 0) is 30.2 Å². The van der Waals surface area contributed by atoms with Crippen molar-refractivity contribution in [2.24, 2.45) is 11.8 Å². The summed E-state index contributed by atoms with van der Waals surface area (Å²) in [7, 11) is 0. The van der Waals surface area contributed by atoms with E-state index in [2.05, 4.69) is 0 Å². The molecule has 5 rings (SSSR count). The lowest BCUT2D eigenvalue weighted by Crippen LogP contribution is -2.38. The van der Waals surface area contributed by atoms with Crippen molar-refractivity contribution in [3.8, 4) is 11.1 Å². The highest BCUT2D eigenvalue weighted by Crippen LogP contribution is 2.52. The SMILES string of the molecule is C[C@@]12C=C[C@@H](O1)[C@@H]1C(=O)N(c3ccc(-c4ccccc4)cc3)C(=O)[C@@H]12. The van der Waals surface area contributed by atoms with Crippen LogP contribution in [0, 0.1) is 11.8 Å². The van der Waals surface area contributed by atoms with Gasteiger partial charge in [0.2, 0.25) is 11.8 Å². The third-order valence-electron chi connectivity index (χ3n) is 5.56. The monoisotopic (exact) mass is 331 g/mol. The quantitative estimate of drug-likeness (QED) is 0.627. The Kier molecular flexibility index (Phi) is 2.86.